The van der Waals surface area contributed by atoms with Gasteiger partial charge in [-0.3, -0.25) is 52.7 Å². The Hall–Kier alpha value is -6.59. The first-order valence-electron chi connectivity index (χ1n) is 42.6. The molecule has 0 spiro atoms. The fourth-order valence-corrected chi connectivity index (χ4v) is 13.9. The van der Waals surface area contributed by atoms with Crippen LogP contribution in [0.15, 0.2) is 0 Å². The van der Waals surface area contributed by atoms with Crippen molar-refractivity contribution in [2.24, 2.45) is 0 Å². The first-order chi connectivity index (χ1) is 57.7. The monoisotopic (exact) mass is 1720 g/mol. The lowest BCUT2D eigenvalue weighted by Crippen LogP contribution is -2.64. The van der Waals surface area contributed by atoms with Gasteiger partial charge in [0.25, 0.3) is 0 Å². The highest BCUT2D eigenvalue weighted by molar-refractivity contribution is 5.79. The van der Waals surface area contributed by atoms with Gasteiger partial charge in [0.05, 0.1) is 72.1 Å². The Morgan fingerprint density at radius 1 is 0.367 bits per heavy atom. The first-order valence-corrected chi connectivity index (χ1v) is 42.6. The van der Waals surface area contributed by atoms with Crippen molar-refractivity contribution in [3.8, 4) is 0 Å². The molecule has 4 aliphatic rings. The molecule has 0 bridgehead atoms. The zero-order valence-corrected chi connectivity index (χ0v) is 70.5. The van der Waals surface area contributed by atoms with Crippen LogP contribution in [0.1, 0.15) is 194 Å². The second-order valence-corrected chi connectivity index (χ2v) is 30.8. The summed E-state index contributed by atoms with van der Waals surface area (Å²) in [6.45, 7) is 3.75. The Labute approximate surface area is 703 Å². The van der Waals surface area contributed by atoms with E-state index in [0.29, 0.717) is 77.2 Å². The number of methoxy groups -OCH3 is 1. The summed E-state index contributed by atoms with van der Waals surface area (Å²) in [4.78, 5) is 142. The van der Waals surface area contributed by atoms with Gasteiger partial charge in [-0.25, -0.2) is 0 Å². The molecule has 4 fully saturated rings. The van der Waals surface area contributed by atoms with E-state index in [2.05, 4.69) is 53.2 Å². The summed E-state index contributed by atoms with van der Waals surface area (Å²) in [6, 6.07) is -3.14. The number of aliphatic hydroxyl groups excluding tert-OH is 9. The van der Waals surface area contributed by atoms with Crippen molar-refractivity contribution >= 4 is 65.0 Å². The predicted molar refractivity (Wildman–Crippen MR) is 427 cm³/mol. The van der Waals surface area contributed by atoms with E-state index in [0.717, 1.165) is 64.3 Å². The standard InChI is InChI=1S/C79H141N11O30/c1-52(94)86-67-73(108)70(105)56(45-91)118-76(67)115-39-16-13-24-59(97)80-32-20-35-83-62(100)29-42-112-49-79(89-65(103)27-11-9-7-5-6-8-10-12-28-66(104)90-38-19-23-55(90)48-111-4,50-113-43-30-63(101)84-36-21-33-81-60(98)25-14-17-40-116-77-68(87-53(2)95)74(109)71(106)57(46-92)119-77)51-114-44-31-64(102)85-37-22-34-82-61(99)26-15-18-41-117-78-69(88-54(3)96)75(110)72(107)58(47-93)120-78/h55-58,67-78,91-93,105-110H,5-51H2,1-4H3,(H,80,97)(H,81,98)(H,82,99)(H,83,100)(H,84,101)(H,85,102)(H,86,94)(H,87,95)(H,88,96)(H,89,103)/t55-,56?,57?,58?,67?,68?,69?,70?,71?,72?,73?,74?,75?,76?,77?,78?,79?/m0/s1. The van der Waals surface area contributed by atoms with Gasteiger partial charge in [0.15, 0.2) is 18.9 Å². The van der Waals surface area contributed by atoms with Crippen molar-refractivity contribution < 1.29 is 146 Å². The van der Waals surface area contributed by atoms with Crippen molar-refractivity contribution in [3.05, 3.63) is 0 Å². The second-order valence-electron chi connectivity index (χ2n) is 30.8. The Kier molecular flexibility index (Phi) is 54.3. The summed E-state index contributed by atoms with van der Waals surface area (Å²) in [7, 11) is 1.65. The van der Waals surface area contributed by atoms with Crippen LogP contribution >= 0.6 is 0 Å². The first kappa shape index (κ1) is 106. The number of hydrogen-bond acceptors (Lipinski definition) is 30. The number of rotatable bonds is 65. The van der Waals surface area contributed by atoms with Crippen LogP contribution in [0.4, 0.5) is 0 Å². The van der Waals surface area contributed by atoms with Gasteiger partial charge < -0.3 is 151 Å². The maximum absolute atomic E-state index is 14.0. The molecule has 4 heterocycles. The quantitative estimate of drug-likeness (QED) is 0.0257. The summed E-state index contributed by atoms with van der Waals surface area (Å²) in [6.07, 6.45) is -2.57. The molecule has 19 N–H and O–H groups in total. The maximum atomic E-state index is 14.0. The third-order valence-electron chi connectivity index (χ3n) is 20.5. The van der Waals surface area contributed by atoms with Crippen LogP contribution in [0, 0.1) is 0 Å². The van der Waals surface area contributed by atoms with Crippen molar-refractivity contribution in [3.63, 3.8) is 0 Å². The topological polar surface area (TPSA) is 586 Å². The third kappa shape index (κ3) is 42.7. The van der Waals surface area contributed by atoms with Crippen LogP contribution in [-0.4, -0.2) is 358 Å². The minimum atomic E-state index is -1.46. The number of nitrogens with one attached hydrogen (secondary N) is 10. The van der Waals surface area contributed by atoms with Crippen molar-refractivity contribution in [2.75, 3.05) is 139 Å². The van der Waals surface area contributed by atoms with Gasteiger partial charge in [-0.05, 0) is 83.5 Å². The molecular weight excluding hydrogens is 1580 g/mol. The van der Waals surface area contributed by atoms with E-state index in [4.69, 9.17) is 47.4 Å². The van der Waals surface area contributed by atoms with Crippen molar-refractivity contribution in [2.45, 2.75) is 298 Å². The lowest BCUT2D eigenvalue weighted by atomic mass is 9.97. The SMILES string of the molecule is COC[C@@H]1CCCN1C(=O)CCCCCCCCCCC(=O)NC(COCCC(=O)NCCCNC(=O)CCCCOC1OC(CO)C(O)C(O)C1NC(C)=O)(COCCC(=O)NCCCNC(=O)CCCCOC1OC(CO)C(O)C(O)C1NC(C)=O)COCCC(=O)NCCCNC(=O)CCCCOC1OC(CO)C(O)C(O)C1NC(C)=O. The molecule has 4 saturated heterocycles. The van der Waals surface area contributed by atoms with Crippen LogP contribution < -0.4 is 53.2 Å². The van der Waals surface area contributed by atoms with Crippen LogP contribution in [0.25, 0.3) is 0 Å². The number of carbonyl (C=O) groups is 11. The normalized spacial score (nSPS) is 24.6. The molecule has 0 radical (unpaired) electrons. The lowest BCUT2D eigenvalue weighted by molar-refractivity contribution is -0.270. The molecule has 4 rings (SSSR count). The van der Waals surface area contributed by atoms with E-state index in [9.17, 15) is 98.7 Å². The Balaban J connectivity index is 1.29. The fraction of sp³-hybridized carbons (Fsp3) is 0.861. The molecular formula is C79H141N11O30. The average molecular weight is 1730 g/mol. The number of hydrogen-bond donors (Lipinski definition) is 19. The summed E-state index contributed by atoms with van der Waals surface area (Å²) in [5.41, 5.74) is -1.42. The van der Waals surface area contributed by atoms with E-state index >= 15 is 0 Å². The molecule has 15 unspecified atom stereocenters. The van der Waals surface area contributed by atoms with Crippen LogP contribution in [0.2, 0.25) is 0 Å². The minimum absolute atomic E-state index is 0.0778. The zero-order chi connectivity index (χ0) is 88.0. The fourth-order valence-electron chi connectivity index (χ4n) is 13.9. The molecule has 0 aromatic rings. The lowest BCUT2D eigenvalue weighted by Gasteiger charge is -2.42. The molecule has 0 aromatic carbocycles. The van der Waals surface area contributed by atoms with E-state index < -0.39 is 135 Å². The van der Waals surface area contributed by atoms with Crippen molar-refractivity contribution in [1.29, 1.82) is 0 Å². The molecule has 0 aliphatic carbocycles. The molecule has 41 nitrogen and oxygen atoms in total. The molecule has 120 heavy (non-hydrogen) atoms. The highest BCUT2D eigenvalue weighted by Crippen LogP contribution is 2.27. The van der Waals surface area contributed by atoms with Gasteiger partial charge >= 0.3 is 0 Å². The van der Waals surface area contributed by atoms with Crippen molar-refractivity contribution in [1.82, 2.24) is 58.1 Å². The van der Waals surface area contributed by atoms with Crippen LogP contribution in [0.5, 0.6) is 0 Å². The average Bonchev–Trinajstić information content (AvgIpc) is 1.16. The Morgan fingerprint density at radius 3 is 0.967 bits per heavy atom. The molecule has 0 aromatic heterocycles. The maximum Gasteiger partial charge on any atom is 0.222 e. The molecule has 692 valence electrons. The Bertz CT molecular complexity index is 2730. The minimum Gasteiger partial charge on any atom is -0.394 e. The van der Waals surface area contributed by atoms with Crippen LogP contribution in [0.3, 0.4) is 0 Å². The highest BCUT2D eigenvalue weighted by Gasteiger charge is 2.48. The van der Waals surface area contributed by atoms with E-state index in [1.165, 1.54) is 20.8 Å². The number of amides is 11. The van der Waals surface area contributed by atoms with Gasteiger partial charge in [0.2, 0.25) is 65.0 Å². The third-order valence-corrected chi connectivity index (χ3v) is 20.5. The summed E-state index contributed by atoms with van der Waals surface area (Å²) < 4.78 is 57.6. The number of ether oxygens (including phenoxy) is 10. The van der Waals surface area contributed by atoms with Gasteiger partial charge in [-0.15, -0.1) is 0 Å². The number of carbonyl (C=O) groups excluding carboxylic acids is 11. The van der Waals surface area contributed by atoms with E-state index in [1.54, 1.807) is 7.11 Å². The summed E-state index contributed by atoms with van der Waals surface area (Å²) >= 11 is 0. The number of likely N-dealkylation sites (tertiary alicyclic amines) is 1. The van der Waals surface area contributed by atoms with Gasteiger partial charge in [0, 0.05) is 145 Å². The molecule has 4 aliphatic heterocycles. The van der Waals surface area contributed by atoms with Crippen LogP contribution in [-0.2, 0) is 100 Å². The predicted octanol–water partition coefficient (Wildman–Crippen LogP) is -4.14. The molecule has 11 amide bonds. The highest BCUT2D eigenvalue weighted by atomic mass is 16.7. The molecule has 41 heteroatoms. The number of unbranched alkanes of at least 4 members (excludes halogenated alkanes) is 10. The number of nitrogens with zero attached hydrogens (tertiary/aromatic N) is 1. The van der Waals surface area contributed by atoms with Gasteiger partial charge in [-0.2, -0.15) is 0 Å². The molecule has 0 saturated carbocycles. The number of aliphatic hydroxyl groups is 9. The second kappa shape index (κ2) is 61.7. The summed E-state index contributed by atoms with van der Waals surface area (Å²) in [5, 5.41) is 119. The zero-order valence-electron chi connectivity index (χ0n) is 70.5. The van der Waals surface area contributed by atoms with Gasteiger partial charge in [-0.1, -0.05) is 38.5 Å². The summed E-state index contributed by atoms with van der Waals surface area (Å²) in [5.74, 6) is -3.51. The Morgan fingerprint density at radius 2 is 0.658 bits per heavy atom. The molecule has 16 atom stereocenters. The largest absolute Gasteiger partial charge is 0.394 e. The smallest absolute Gasteiger partial charge is 0.222 e. The van der Waals surface area contributed by atoms with E-state index in [-0.39, 0.29) is 197 Å². The van der Waals surface area contributed by atoms with E-state index in [1.807, 2.05) is 4.90 Å². The van der Waals surface area contributed by atoms with Gasteiger partial charge in [0.1, 0.15) is 78.6 Å².